The van der Waals surface area contributed by atoms with E-state index >= 15 is 0 Å². The molecule has 0 saturated heterocycles. The summed E-state index contributed by atoms with van der Waals surface area (Å²) in [5.74, 6) is -2.20. The van der Waals surface area contributed by atoms with Crippen molar-refractivity contribution in [2.45, 2.75) is 43.3 Å². The van der Waals surface area contributed by atoms with Crippen molar-refractivity contribution in [1.82, 2.24) is 0 Å². The SMILES string of the molecule is C=C.N[C@@H](CCC(=O)O)C(=O)O.O=C[C@H](O)[C@@H](O)[C@H](O)[C@H](O)CO. The van der Waals surface area contributed by atoms with Gasteiger partial charge in [0.2, 0.25) is 0 Å². The summed E-state index contributed by atoms with van der Waals surface area (Å²) >= 11 is 0. The summed E-state index contributed by atoms with van der Waals surface area (Å²) in [6.07, 6.45) is -7.06. The maximum atomic E-state index is 9.99. The van der Waals surface area contributed by atoms with Crippen molar-refractivity contribution in [2.24, 2.45) is 5.73 Å². The maximum Gasteiger partial charge on any atom is 0.320 e. The topological polar surface area (TPSA) is 219 Å². The second kappa shape index (κ2) is 16.0. The van der Waals surface area contributed by atoms with E-state index in [1.54, 1.807) is 0 Å². The Labute approximate surface area is 138 Å². The molecule has 0 aromatic rings. The zero-order valence-electron chi connectivity index (χ0n) is 12.9. The van der Waals surface area contributed by atoms with Crippen LogP contribution in [0.3, 0.4) is 0 Å². The van der Waals surface area contributed by atoms with Gasteiger partial charge in [0.05, 0.1) is 6.61 Å². The molecule has 0 radical (unpaired) electrons. The second-order valence-corrected chi connectivity index (χ2v) is 4.23. The molecule has 5 atom stereocenters. The van der Waals surface area contributed by atoms with Gasteiger partial charge in [-0.15, -0.1) is 13.2 Å². The predicted octanol–water partition coefficient (Wildman–Crippen LogP) is -3.31. The Hall–Kier alpha value is -1.89. The second-order valence-electron chi connectivity index (χ2n) is 4.23. The molecular formula is C13H25NO10. The fourth-order valence-corrected chi connectivity index (χ4v) is 1.02. The van der Waals surface area contributed by atoms with Gasteiger partial charge < -0.3 is 46.3 Å². The molecule has 0 aliphatic rings. The van der Waals surface area contributed by atoms with Gasteiger partial charge in [0.25, 0.3) is 0 Å². The number of aliphatic hydroxyl groups excluding tert-OH is 5. The van der Waals surface area contributed by atoms with Crippen LogP contribution in [0.15, 0.2) is 13.2 Å². The highest BCUT2D eigenvalue weighted by molar-refractivity contribution is 5.74. The van der Waals surface area contributed by atoms with E-state index in [-0.39, 0.29) is 19.1 Å². The highest BCUT2D eigenvalue weighted by Gasteiger charge is 2.29. The number of aliphatic carboxylic acids is 2. The van der Waals surface area contributed by atoms with Crippen molar-refractivity contribution >= 4 is 18.2 Å². The smallest absolute Gasteiger partial charge is 0.320 e. The van der Waals surface area contributed by atoms with Gasteiger partial charge in [-0.05, 0) is 6.42 Å². The Bertz CT molecular complexity index is 365. The monoisotopic (exact) mass is 355 g/mol. The number of hydrogen-bond donors (Lipinski definition) is 8. The molecule has 9 N–H and O–H groups in total. The lowest BCUT2D eigenvalue weighted by Crippen LogP contribution is -2.46. The third kappa shape index (κ3) is 13.8. The normalized spacial score (nSPS) is 15.9. The Balaban J connectivity index is -0.000000337. The minimum absolute atomic E-state index is 0.0231. The van der Waals surface area contributed by atoms with Gasteiger partial charge in [-0.1, -0.05) is 0 Å². The highest BCUT2D eigenvalue weighted by atomic mass is 16.4. The van der Waals surface area contributed by atoms with E-state index in [2.05, 4.69) is 13.2 Å². The van der Waals surface area contributed by atoms with Crippen molar-refractivity contribution in [3.63, 3.8) is 0 Å². The summed E-state index contributed by atoms with van der Waals surface area (Å²) in [4.78, 5) is 29.8. The van der Waals surface area contributed by atoms with E-state index in [1.807, 2.05) is 0 Å². The van der Waals surface area contributed by atoms with Gasteiger partial charge in [-0.3, -0.25) is 9.59 Å². The van der Waals surface area contributed by atoms with Crippen LogP contribution in [0.25, 0.3) is 0 Å². The van der Waals surface area contributed by atoms with Crippen molar-refractivity contribution in [1.29, 1.82) is 0 Å². The zero-order valence-corrected chi connectivity index (χ0v) is 12.9. The first-order chi connectivity index (χ1) is 11.1. The number of hydrogen-bond acceptors (Lipinski definition) is 9. The first-order valence-electron chi connectivity index (χ1n) is 6.57. The van der Waals surface area contributed by atoms with Crippen molar-refractivity contribution in [3.05, 3.63) is 13.2 Å². The van der Waals surface area contributed by atoms with Crippen molar-refractivity contribution in [3.8, 4) is 0 Å². The fraction of sp³-hybridized carbons (Fsp3) is 0.615. The van der Waals surface area contributed by atoms with E-state index in [0.717, 1.165) is 0 Å². The summed E-state index contributed by atoms with van der Waals surface area (Å²) in [6.45, 7) is 5.24. The third-order valence-electron chi connectivity index (χ3n) is 2.41. The number of nitrogens with two attached hydrogens (primary N) is 1. The van der Waals surface area contributed by atoms with E-state index in [1.165, 1.54) is 0 Å². The molecule has 11 heteroatoms. The Morgan fingerprint density at radius 1 is 1.04 bits per heavy atom. The molecule has 0 bridgehead atoms. The number of carboxylic acids is 2. The highest BCUT2D eigenvalue weighted by Crippen LogP contribution is 2.02. The molecule has 0 aliphatic carbocycles. The van der Waals surface area contributed by atoms with Crippen molar-refractivity contribution in [2.75, 3.05) is 6.61 Å². The number of rotatable bonds is 9. The molecule has 11 nitrogen and oxygen atoms in total. The minimum Gasteiger partial charge on any atom is -0.481 e. The molecule has 0 aromatic heterocycles. The average Bonchev–Trinajstić information content (AvgIpc) is 2.58. The Morgan fingerprint density at radius 2 is 1.50 bits per heavy atom. The number of carbonyl (C=O) groups excluding carboxylic acids is 1. The standard InChI is InChI=1S/C6H12O6.C5H9NO4.C2H4/c7-1-3(9)5(11)6(12)4(10)2-8;6-3(5(9)10)1-2-4(7)8;1-2/h1,3-6,8-12H,2H2;3H,1-2,6H2,(H,7,8)(H,9,10);1-2H2/t3-,4+,5+,6+;3-;/m00./s1. The van der Waals surface area contributed by atoms with Crippen LogP contribution < -0.4 is 5.73 Å². The Morgan fingerprint density at radius 3 is 1.79 bits per heavy atom. The number of aliphatic hydroxyl groups is 5. The number of carbonyl (C=O) groups is 3. The lowest BCUT2D eigenvalue weighted by molar-refractivity contribution is -0.140. The van der Waals surface area contributed by atoms with Gasteiger partial charge in [0, 0.05) is 6.42 Å². The van der Waals surface area contributed by atoms with Gasteiger partial charge in [-0.25, -0.2) is 0 Å². The average molecular weight is 355 g/mol. The summed E-state index contributed by atoms with van der Waals surface area (Å²) in [5.41, 5.74) is 5.00. The number of aldehydes is 1. The van der Waals surface area contributed by atoms with Crippen LogP contribution in [0, 0.1) is 0 Å². The molecule has 0 unspecified atom stereocenters. The maximum absolute atomic E-state index is 9.99. The lowest BCUT2D eigenvalue weighted by atomic mass is 10.0. The molecule has 0 saturated carbocycles. The van der Waals surface area contributed by atoms with Crippen LogP contribution in [0.5, 0.6) is 0 Å². The molecule has 0 fully saturated rings. The summed E-state index contributed by atoms with van der Waals surface area (Å²) < 4.78 is 0. The molecule has 142 valence electrons. The molecule has 0 rings (SSSR count). The van der Waals surface area contributed by atoms with E-state index < -0.39 is 49.0 Å². The summed E-state index contributed by atoms with van der Waals surface area (Å²) in [7, 11) is 0. The van der Waals surface area contributed by atoms with E-state index in [0.29, 0.717) is 0 Å². The van der Waals surface area contributed by atoms with Gasteiger partial charge in [-0.2, -0.15) is 0 Å². The Kier molecular flexibility index (Phi) is 18.0. The van der Waals surface area contributed by atoms with Crippen LogP contribution in [0.1, 0.15) is 12.8 Å². The third-order valence-corrected chi connectivity index (χ3v) is 2.41. The molecule has 24 heavy (non-hydrogen) atoms. The molecule has 0 spiro atoms. The predicted molar refractivity (Wildman–Crippen MR) is 80.9 cm³/mol. The van der Waals surface area contributed by atoms with Gasteiger partial charge in [0.15, 0.2) is 6.29 Å². The molecular weight excluding hydrogens is 330 g/mol. The van der Waals surface area contributed by atoms with Crippen LogP contribution in [-0.2, 0) is 14.4 Å². The van der Waals surface area contributed by atoms with Gasteiger partial charge in [0.1, 0.15) is 30.5 Å². The quantitative estimate of drug-likeness (QED) is 0.151. The number of carboxylic acid groups (broad SMARTS) is 2. The summed E-state index contributed by atoms with van der Waals surface area (Å²) in [6, 6.07) is -1.06. The van der Waals surface area contributed by atoms with Crippen LogP contribution in [0.2, 0.25) is 0 Å². The van der Waals surface area contributed by atoms with Crippen LogP contribution >= 0.6 is 0 Å². The molecule has 0 amide bonds. The first kappa shape index (κ1) is 27.0. The largest absolute Gasteiger partial charge is 0.481 e. The molecule has 0 heterocycles. The van der Waals surface area contributed by atoms with Crippen LogP contribution in [-0.4, -0.2) is 91.0 Å². The molecule has 0 aromatic carbocycles. The lowest BCUT2D eigenvalue weighted by Gasteiger charge is -2.22. The first-order valence-corrected chi connectivity index (χ1v) is 6.57. The van der Waals surface area contributed by atoms with E-state index in [4.69, 9.17) is 41.5 Å². The van der Waals surface area contributed by atoms with Crippen molar-refractivity contribution < 1.29 is 50.1 Å². The fourth-order valence-electron chi connectivity index (χ4n) is 1.02. The van der Waals surface area contributed by atoms with E-state index in [9.17, 15) is 14.4 Å². The van der Waals surface area contributed by atoms with Gasteiger partial charge >= 0.3 is 11.9 Å². The zero-order chi connectivity index (χ0) is 19.9. The summed E-state index contributed by atoms with van der Waals surface area (Å²) in [5, 5.41) is 59.8. The van der Waals surface area contributed by atoms with Crippen LogP contribution in [0.4, 0.5) is 0 Å². The molecule has 0 aliphatic heterocycles. The minimum atomic E-state index is -1.79.